The van der Waals surface area contributed by atoms with Crippen molar-refractivity contribution in [1.29, 1.82) is 5.26 Å². The highest BCUT2D eigenvalue weighted by Crippen LogP contribution is 2.33. The number of ether oxygens (including phenoxy) is 2. The third-order valence-corrected chi connectivity index (χ3v) is 4.51. The molecule has 2 aromatic rings. The highest BCUT2D eigenvalue weighted by atomic mass is 16.5. The van der Waals surface area contributed by atoms with Crippen molar-refractivity contribution < 1.29 is 24.2 Å². The molecule has 156 valence electrons. The Kier molecular flexibility index (Phi) is 8.00. The summed E-state index contributed by atoms with van der Waals surface area (Å²) in [6.45, 7) is 4.87. The fraction of sp³-hybridized carbons (Fsp3) is 0.261. The molecule has 30 heavy (non-hydrogen) atoms. The number of amides is 1. The summed E-state index contributed by atoms with van der Waals surface area (Å²) in [4.78, 5) is 25.1. The van der Waals surface area contributed by atoms with Crippen molar-refractivity contribution in [3.63, 3.8) is 0 Å². The minimum Gasteiger partial charge on any atom is -0.493 e. The lowest BCUT2D eigenvalue weighted by molar-refractivity contribution is -0.126. The second-order valence-corrected chi connectivity index (χ2v) is 6.32. The van der Waals surface area contributed by atoms with Crippen LogP contribution in [-0.2, 0) is 11.4 Å². The van der Waals surface area contributed by atoms with Crippen LogP contribution < -0.4 is 9.47 Å². The van der Waals surface area contributed by atoms with Gasteiger partial charge in [-0.15, -0.1) is 0 Å². The average Bonchev–Trinajstić information content (AvgIpc) is 2.77. The van der Waals surface area contributed by atoms with Crippen molar-refractivity contribution in [3.05, 3.63) is 64.7 Å². The molecular weight excluding hydrogens is 384 g/mol. The maximum Gasteiger partial charge on any atom is 0.335 e. The third-order valence-electron chi connectivity index (χ3n) is 4.51. The van der Waals surface area contributed by atoms with Crippen LogP contribution in [0.25, 0.3) is 6.08 Å². The minimum atomic E-state index is -0.999. The van der Waals surface area contributed by atoms with Gasteiger partial charge in [0.25, 0.3) is 5.91 Å². The Morgan fingerprint density at radius 1 is 1.13 bits per heavy atom. The van der Waals surface area contributed by atoms with Crippen molar-refractivity contribution >= 4 is 18.0 Å². The quantitative estimate of drug-likeness (QED) is 0.501. The van der Waals surface area contributed by atoms with Crippen LogP contribution in [0.4, 0.5) is 0 Å². The van der Waals surface area contributed by atoms with Crippen LogP contribution in [0.15, 0.2) is 48.0 Å². The number of carboxylic acid groups (broad SMARTS) is 1. The molecule has 0 saturated heterocycles. The van der Waals surface area contributed by atoms with Gasteiger partial charge in [0.2, 0.25) is 0 Å². The van der Waals surface area contributed by atoms with Crippen LogP contribution in [0, 0.1) is 11.3 Å². The molecule has 0 unspecified atom stereocenters. The van der Waals surface area contributed by atoms with E-state index in [1.807, 2.05) is 19.9 Å². The number of likely N-dealkylation sites (N-methyl/N-ethyl adjacent to an activating group) is 1. The lowest BCUT2D eigenvalue weighted by atomic mass is 10.1. The zero-order valence-corrected chi connectivity index (χ0v) is 17.2. The molecule has 2 rings (SSSR count). The van der Waals surface area contributed by atoms with Gasteiger partial charge in [0.05, 0.1) is 12.7 Å². The Labute approximate surface area is 175 Å². The van der Waals surface area contributed by atoms with Crippen molar-refractivity contribution in [2.45, 2.75) is 20.5 Å². The van der Waals surface area contributed by atoms with Crippen molar-refractivity contribution in [2.24, 2.45) is 0 Å². The van der Waals surface area contributed by atoms with Crippen molar-refractivity contribution in [1.82, 2.24) is 4.90 Å². The highest BCUT2D eigenvalue weighted by Gasteiger charge is 2.17. The summed E-state index contributed by atoms with van der Waals surface area (Å²) >= 11 is 0. The van der Waals surface area contributed by atoms with E-state index in [0.717, 1.165) is 5.56 Å². The molecule has 0 bridgehead atoms. The number of hydrogen-bond acceptors (Lipinski definition) is 5. The highest BCUT2D eigenvalue weighted by molar-refractivity contribution is 6.02. The molecule has 0 aliphatic carbocycles. The maximum atomic E-state index is 12.6. The first kappa shape index (κ1) is 22.5. The second kappa shape index (κ2) is 10.7. The monoisotopic (exact) mass is 408 g/mol. The average molecular weight is 408 g/mol. The van der Waals surface area contributed by atoms with E-state index < -0.39 is 5.97 Å². The smallest absolute Gasteiger partial charge is 0.335 e. The van der Waals surface area contributed by atoms with Gasteiger partial charge in [0, 0.05) is 18.7 Å². The van der Waals surface area contributed by atoms with Crippen molar-refractivity contribution in [3.8, 4) is 17.6 Å². The number of carboxylic acids is 1. The summed E-state index contributed by atoms with van der Waals surface area (Å²) in [6, 6.07) is 13.5. The first-order valence-corrected chi connectivity index (χ1v) is 9.48. The number of rotatable bonds is 9. The summed E-state index contributed by atoms with van der Waals surface area (Å²) in [7, 11) is 1.50. The standard InChI is InChI=1S/C23H24N2O5/c1-4-25(5-2)22(26)19(14-24)13-18-7-6-8-20(29-3)21(18)30-15-16-9-11-17(12-10-16)23(27)28/h6-13H,4-5,15H2,1-3H3,(H,27,28)/b19-13-. The third kappa shape index (κ3) is 5.39. The Bertz CT molecular complexity index is 970. The van der Waals surface area contributed by atoms with E-state index in [-0.39, 0.29) is 23.7 Å². The predicted octanol–water partition coefficient (Wildman–Crippen LogP) is 3.75. The van der Waals surface area contributed by atoms with Gasteiger partial charge >= 0.3 is 5.97 Å². The van der Waals surface area contributed by atoms with E-state index in [1.165, 1.54) is 25.3 Å². The van der Waals surface area contributed by atoms with Crippen LogP contribution in [0.3, 0.4) is 0 Å². The molecular formula is C23H24N2O5. The van der Waals surface area contributed by atoms with E-state index in [4.69, 9.17) is 14.6 Å². The minimum absolute atomic E-state index is 0.00242. The first-order chi connectivity index (χ1) is 14.4. The van der Waals surface area contributed by atoms with Crippen LogP contribution >= 0.6 is 0 Å². The van der Waals surface area contributed by atoms with Crippen LogP contribution in [0.5, 0.6) is 11.5 Å². The molecule has 0 heterocycles. The zero-order valence-electron chi connectivity index (χ0n) is 17.2. The Balaban J connectivity index is 2.34. The largest absolute Gasteiger partial charge is 0.493 e. The van der Waals surface area contributed by atoms with Gasteiger partial charge in [-0.25, -0.2) is 4.79 Å². The lowest BCUT2D eigenvalue weighted by Crippen LogP contribution is -2.31. The van der Waals surface area contributed by atoms with Gasteiger partial charge in [-0.3, -0.25) is 4.79 Å². The van der Waals surface area contributed by atoms with Gasteiger partial charge in [-0.2, -0.15) is 5.26 Å². The molecule has 7 nitrogen and oxygen atoms in total. The molecule has 0 aromatic heterocycles. The van der Waals surface area contributed by atoms with Crippen LogP contribution in [0.2, 0.25) is 0 Å². The molecule has 0 saturated carbocycles. The molecule has 0 aliphatic heterocycles. The molecule has 7 heteroatoms. The lowest BCUT2D eigenvalue weighted by Gasteiger charge is -2.18. The number of benzene rings is 2. The molecule has 0 radical (unpaired) electrons. The number of methoxy groups -OCH3 is 1. The van der Waals surface area contributed by atoms with Crippen LogP contribution in [-0.4, -0.2) is 42.1 Å². The maximum absolute atomic E-state index is 12.6. The van der Waals surface area contributed by atoms with Gasteiger partial charge in [-0.05, 0) is 43.7 Å². The number of carbonyl (C=O) groups excluding carboxylic acids is 1. The van der Waals surface area contributed by atoms with E-state index >= 15 is 0 Å². The number of nitriles is 1. The number of hydrogen-bond donors (Lipinski definition) is 1. The summed E-state index contributed by atoms with van der Waals surface area (Å²) in [6.07, 6.45) is 1.49. The van der Waals surface area contributed by atoms with Gasteiger partial charge in [0.1, 0.15) is 18.2 Å². The van der Waals surface area contributed by atoms with Gasteiger partial charge in [-0.1, -0.05) is 24.3 Å². The summed E-state index contributed by atoms with van der Waals surface area (Å²) < 4.78 is 11.3. The Hall–Kier alpha value is -3.79. The Morgan fingerprint density at radius 3 is 2.33 bits per heavy atom. The number of nitrogens with zero attached hydrogens (tertiary/aromatic N) is 2. The molecule has 0 fully saturated rings. The molecule has 0 aliphatic rings. The number of carbonyl (C=O) groups is 2. The molecule has 0 atom stereocenters. The normalized spacial score (nSPS) is 10.8. The summed E-state index contributed by atoms with van der Waals surface area (Å²) in [5, 5.41) is 18.5. The fourth-order valence-corrected chi connectivity index (χ4v) is 2.84. The predicted molar refractivity (Wildman–Crippen MR) is 112 cm³/mol. The number of para-hydroxylation sites is 1. The molecule has 0 spiro atoms. The molecule has 1 N–H and O–H groups in total. The van der Waals surface area contributed by atoms with Crippen LogP contribution in [0.1, 0.15) is 35.3 Å². The molecule has 1 amide bonds. The van der Waals surface area contributed by atoms with Gasteiger partial charge < -0.3 is 19.5 Å². The fourth-order valence-electron chi connectivity index (χ4n) is 2.84. The SMILES string of the molecule is CCN(CC)C(=O)/C(C#N)=C\c1cccc(OC)c1OCc1ccc(C(=O)O)cc1. The van der Waals surface area contributed by atoms with E-state index in [0.29, 0.717) is 30.2 Å². The topological polar surface area (TPSA) is 99.9 Å². The zero-order chi connectivity index (χ0) is 22.1. The number of aromatic carboxylic acids is 1. The summed E-state index contributed by atoms with van der Waals surface area (Å²) in [5.74, 6) is -0.497. The summed E-state index contributed by atoms with van der Waals surface area (Å²) in [5.41, 5.74) is 1.49. The Morgan fingerprint density at radius 2 is 1.80 bits per heavy atom. The van der Waals surface area contributed by atoms with Crippen molar-refractivity contribution in [2.75, 3.05) is 20.2 Å². The first-order valence-electron chi connectivity index (χ1n) is 9.48. The van der Waals surface area contributed by atoms with E-state index in [1.54, 1.807) is 35.2 Å². The second-order valence-electron chi connectivity index (χ2n) is 6.32. The van der Waals surface area contributed by atoms with E-state index in [2.05, 4.69) is 0 Å². The molecule has 2 aromatic carbocycles. The van der Waals surface area contributed by atoms with Gasteiger partial charge in [0.15, 0.2) is 11.5 Å². The van der Waals surface area contributed by atoms with E-state index in [9.17, 15) is 14.9 Å².